The van der Waals surface area contributed by atoms with Crippen molar-refractivity contribution in [3.05, 3.63) is 0 Å². The fraction of sp³-hybridized carbons (Fsp3) is 0.769. The van der Waals surface area contributed by atoms with Crippen LogP contribution in [-0.4, -0.2) is 53.4 Å². The molecule has 0 amide bonds. The SMILES string of the molecule is CCCNc1nc(OC)nc(N2CCC(CCO)C2)n1. The van der Waals surface area contributed by atoms with E-state index in [4.69, 9.17) is 9.84 Å². The molecular formula is C13H23N5O2. The zero-order chi connectivity index (χ0) is 14.4. The third-order valence-electron chi connectivity index (χ3n) is 3.42. The van der Waals surface area contributed by atoms with Crippen molar-refractivity contribution in [1.29, 1.82) is 0 Å². The van der Waals surface area contributed by atoms with Crippen molar-refractivity contribution >= 4 is 11.9 Å². The highest BCUT2D eigenvalue weighted by atomic mass is 16.5. The summed E-state index contributed by atoms with van der Waals surface area (Å²) in [5, 5.41) is 12.2. The van der Waals surface area contributed by atoms with Gasteiger partial charge in [0.15, 0.2) is 0 Å². The summed E-state index contributed by atoms with van der Waals surface area (Å²) < 4.78 is 5.14. The lowest BCUT2D eigenvalue weighted by atomic mass is 10.1. The highest BCUT2D eigenvalue weighted by Crippen LogP contribution is 2.24. The molecule has 0 aromatic carbocycles. The topological polar surface area (TPSA) is 83.4 Å². The van der Waals surface area contributed by atoms with E-state index in [0.717, 1.165) is 38.9 Å². The van der Waals surface area contributed by atoms with Crippen LogP contribution in [0.2, 0.25) is 0 Å². The van der Waals surface area contributed by atoms with E-state index in [0.29, 0.717) is 23.8 Å². The highest BCUT2D eigenvalue weighted by molar-refractivity contribution is 5.39. The minimum absolute atomic E-state index is 0.238. The first-order chi connectivity index (χ1) is 9.76. The lowest BCUT2D eigenvalue weighted by molar-refractivity contribution is 0.263. The molecule has 7 nitrogen and oxygen atoms in total. The van der Waals surface area contributed by atoms with Gasteiger partial charge in [-0.3, -0.25) is 0 Å². The first-order valence-corrected chi connectivity index (χ1v) is 7.16. The number of anilines is 2. The van der Waals surface area contributed by atoms with Crippen LogP contribution in [0.1, 0.15) is 26.2 Å². The van der Waals surface area contributed by atoms with Gasteiger partial charge in [0, 0.05) is 26.2 Å². The Morgan fingerprint density at radius 2 is 2.25 bits per heavy atom. The van der Waals surface area contributed by atoms with Crippen molar-refractivity contribution in [2.24, 2.45) is 5.92 Å². The second-order valence-corrected chi connectivity index (χ2v) is 4.99. The molecule has 1 aromatic heterocycles. The second kappa shape index (κ2) is 7.23. The van der Waals surface area contributed by atoms with Crippen LogP contribution in [0.25, 0.3) is 0 Å². The molecule has 0 spiro atoms. The molecule has 2 N–H and O–H groups in total. The van der Waals surface area contributed by atoms with E-state index in [1.165, 1.54) is 0 Å². The molecule has 0 radical (unpaired) electrons. The summed E-state index contributed by atoms with van der Waals surface area (Å²) in [6, 6.07) is 0.333. The van der Waals surface area contributed by atoms with Gasteiger partial charge in [-0.2, -0.15) is 15.0 Å². The number of aliphatic hydroxyl groups is 1. The van der Waals surface area contributed by atoms with Crippen molar-refractivity contribution in [3.8, 4) is 6.01 Å². The van der Waals surface area contributed by atoms with Gasteiger partial charge in [0.25, 0.3) is 0 Å². The summed E-state index contributed by atoms with van der Waals surface area (Å²) in [5.74, 6) is 1.71. The summed E-state index contributed by atoms with van der Waals surface area (Å²) >= 11 is 0. The number of aromatic nitrogens is 3. The maximum atomic E-state index is 9.02. The van der Waals surface area contributed by atoms with Crippen molar-refractivity contribution in [2.75, 3.05) is 43.6 Å². The highest BCUT2D eigenvalue weighted by Gasteiger charge is 2.25. The van der Waals surface area contributed by atoms with Crippen LogP contribution in [0, 0.1) is 5.92 Å². The predicted octanol–water partition coefficient (Wildman–Crippen LogP) is 0.911. The van der Waals surface area contributed by atoms with E-state index < -0.39 is 0 Å². The predicted molar refractivity (Wildman–Crippen MR) is 77.2 cm³/mol. The van der Waals surface area contributed by atoms with Crippen LogP contribution in [-0.2, 0) is 0 Å². The minimum Gasteiger partial charge on any atom is -0.467 e. The number of ether oxygens (including phenoxy) is 1. The van der Waals surface area contributed by atoms with Crippen LogP contribution in [0.5, 0.6) is 6.01 Å². The molecular weight excluding hydrogens is 258 g/mol. The number of rotatable bonds is 7. The third-order valence-corrected chi connectivity index (χ3v) is 3.42. The molecule has 1 unspecified atom stereocenters. The Hall–Kier alpha value is -1.63. The molecule has 1 aliphatic heterocycles. The van der Waals surface area contributed by atoms with Crippen LogP contribution >= 0.6 is 0 Å². The van der Waals surface area contributed by atoms with E-state index in [1.807, 2.05) is 0 Å². The molecule has 0 saturated carbocycles. The summed E-state index contributed by atoms with van der Waals surface area (Å²) in [6.07, 6.45) is 2.90. The van der Waals surface area contributed by atoms with E-state index >= 15 is 0 Å². The largest absolute Gasteiger partial charge is 0.467 e. The van der Waals surface area contributed by atoms with Crippen LogP contribution in [0.3, 0.4) is 0 Å². The number of aliphatic hydroxyl groups excluding tert-OH is 1. The number of nitrogens with zero attached hydrogens (tertiary/aromatic N) is 4. The zero-order valence-corrected chi connectivity index (χ0v) is 12.2. The molecule has 1 aliphatic rings. The van der Waals surface area contributed by atoms with Gasteiger partial charge < -0.3 is 20.1 Å². The lowest BCUT2D eigenvalue weighted by Crippen LogP contribution is -2.23. The van der Waals surface area contributed by atoms with Gasteiger partial charge in [0.1, 0.15) is 0 Å². The molecule has 1 fully saturated rings. The Labute approximate surface area is 119 Å². The Morgan fingerprint density at radius 3 is 2.95 bits per heavy atom. The average molecular weight is 281 g/mol. The number of hydrogen-bond donors (Lipinski definition) is 2. The van der Waals surface area contributed by atoms with E-state index in [2.05, 4.69) is 32.1 Å². The molecule has 2 rings (SSSR count). The number of hydrogen-bond acceptors (Lipinski definition) is 7. The van der Waals surface area contributed by atoms with Gasteiger partial charge in [0.05, 0.1) is 7.11 Å². The Morgan fingerprint density at radius 1 is 1.40 bits per heavy atom. The van der Waals surface area contributed by atoms with Crippen LogP contribution in [0.15, 0.2) is 0 Å². The zero-order valence-electron chi connectivity index (χ0n) is 12.2. The van der Waals surface area contributed by atoms with Gasteiger partial charge >= 0.3 is 6.01 Å². The van der Waals surface area contributed by atoms with Crippen LogP contribution < -0.4 is 15.0 Å². The van der Waals surface area contributed by atoms with E-state index in [-0.39, 0.29) is 6.61 Å². The van der Waals surface area contributed by atoms with Gasteiger partial charge in [-0.25, -0.2) is 0 Å². The summed E-state index contributed by atoms with van der Waals surface area (Å²) in [5.41, 5.74) is 0. The van der Waals surface area contributed by atoms with E-state index in [9.17, 15) is 0 Å². The molecule has 0 aliphatic carbocycles. The van der Waals surface area contributed by atoms with Gasteiger partial charge in [0.2, 0.25) is 11.9 Å². The lowest BCUT2D eigenvalue weighted by Gasteiger charge is -2.17. The molecule has 1 atom stereocenters. The molecule has 112 valence electrons. The quantitative estimate of drug-likeness (QED) is 0.768. The minimum atomic E-state index is 0.238. The molecule has 1 aromatic rings. The Kier molecular flexibility index (Phi) is 5.34. The summed E-state index contributed by atoms with van der Waals surface area (Å²) in [4.78, 5) is 15.1. The standard InChI is InChI=1S/C13H23N5O2/c1-3-6-14-11-15-12(17-13(16-11)20-2)18-7-4-10(9-18)5-8-19/h10,19H,3-9H2,1-2H3,(H,14,15,16,17). The summed E-state index contributed by atoms with van der Waals surface area (Å²) in [7, 11) is 1.56. The summed E-state index contributed by atoms with van der Waals surface area (Å²) in [6.45, 7) is 4.93. The van der Waals surface area contributed by atoms with Crippen molar-refractivity contribution in [2.45, 2.75) is 26.2 Å². The Balaban J connectivity index is 2.10. The molecule has 7 heteroatoms. The first-order valence-electron chi connectivity index (χ1n) is 7.16. The molecule has 20 heavy (non-hydrogen) atoms. The van der Waals surface area contributed by atoms with Crippen molar-refractivity contribution < 1.29 is 9.84 Å². The fourth-order valence-corrected chi connectivity index (χ4v) is 2.33. The fourth-order valence-electron chi connectivity index (χ4n) is 2.33. The monoisotopic (exact) mass is 281 g/mol. The number of nitrogens with one attached hydrogen (secondary N) is 1. The van der Waals surface area contributed by atoms with Gasteiger partial charge in [-0.05, 0) is 25.2 Å². The third kappa shape index (κ3) is 3.69. The Bertz CT molecular complexity index is 429. The maximum Gasteiger partial charge on any atom is 0.322 e. The molecule has 1 saturated heterocycles. The molecule has 2 heterocycles. The average Bonchev–Trinajstić information content (AvgIpc) is 2.94. The maximum absolute atomic E-state index is 9.02. The smallest absolute Gasteiger partial charge is 0.322 e. The van der Waals surface area contributed by atoms with Crippen molar-refractivity contribution in [1.82, 2.24) is 15.0 Å². The molecule has 0 bridgehead atoms. The number of methoxy groups -OCH3 is 1. The van der Waals surface area contributed by atoms with E-state index in [1.54, 1.807) is 7.11 Å². The van der Waals surface area contributed by atoms with Gasteiger partial charge in [-0.15, -0.1) is 0 Å². The van der Waals surface area contributed by atoms with Crippen molar-refractivity contribution in [3.63, 3.8) is 0 Å². The normalized spacial score (nSPS) is 18.4. The van der Waals surface area contributed by atoms with Crippen LogP contribution in [0.4, 0.5) is 11.9 Å². The van der Waals surface area contributed by atoms with Gasteiger partial charge in [-0.1, -0.05) is 6.92 Å². The second-order valence-electron chi connectivity index (χ2n) is 4.99. The first kappa shape index (κ1) is 14.8.